The Balaban J connectivity index is 1.45. The van der Waals surface area contributed by atoms with E-state index in [0.29, 0.717) is 0 Å². The van der Waals surface area contributed by atoms with Crippen LogP contribution in [-0.2, 0) is 24.2 Å². The SMILES string of the molecule is CCc1ccc(NC(=O)C(C)Nc2cccc(-c3nnc4n3CCCCC4)c2)cc1. The molecule has 1 atom stereocenters. The molecule has 2 aromatic carbocycles. The third-order valence-corrected chi connectivity index (χ3v) is 5.64. The van der Waals surface area contributed by atoms with Gasteiger partial charge in [-0.05, 0) is 56.0 Å². The zero-order valence-corrected chi connectivity index (χ0v) is 17.7. The van der Waals surface area contributed by atoms with Crippen LogP contribution in [0.1, 0.15) is 44.5 Å². The highest BCUT2D eigenvalue weighted by Crippen LogP contribution is 2.25. The summed E-state index contributed by atoms with van der Waals surface area (Å²) in [6.45, 7) is 4.95. The Labute approximate surface area is 177 Å². The molecule has 0 aliphatic carbocycles. The predicted molar refractivity (Wildman–Crippen MR) is 121 cm³/mol. The summed E-state index contributed by atoms with van der Waals surface area (Å²) >= 11 is 0. The first-order valence-corrected chi connectivity index (χ1v) is 10.8. The lowest BCUT2D eigenvalue weighted by molar-refractivity contribution is -0.116. The average molecular weight is 404 g/mol. The van der Waals surface area contributed by atoms with Crippen molar-refractivity contribution in [1.82, 2.24) is 14.8 Å². The third kappa shape index (κ3) is 4.53. The standard InChI is InChI=1S/C24H29N5O/c1-3-18-11-13-20(14-12-18)26-24(30)17(2)25-21-9-7-8-19(16-21)23-28-27-22-10-5-4-6-15-29(22)23/h7-9,11-14,16-17,25H,3-6,10,15H2,1-2H3,(H,26,30). The molecule has 30 heavy (non-hydrogen) atoms. The van der Waals surface area contributed by atoms with Gasteiger partial charge in [-0.1, -0.05) is 37.6 Å². The fourth-order valence-electron chi connectivity index (χ4n) is 3.84. The van der Waals surface area contributed by atoms with Crippen LogP contribution < -0.4 is 10.6 Å². The number of benzene rings is 2. The van der Waals surface area contributed by atoms with Gasteiger partial charge in [-0.2, -0.15) is 0 Å². The number of carbonyl (C=O) groups is 1. The topological polar surface area (TPSA) is 71.8 Å². The van der Waals surface area contributed by atoms with Crippen LogP contribution in [0.25, 0.3) is 11.4 Å². The molecule has 6 heteroatoms. The Morgan fingerprint density at radius 3 is 2.70 bits per heavy atom. The summed E-state index contributed by atoms with van der Waals surface area (Å²) in [6.07, 6.45) is 5.54. The van der Waals surface area contributed by atoms with Crippen LogP contribution in [0, 0.1) is 0 Å². The monoisotopic (exact) mass is 403 g/mol. The van der Waals surface area contributed by atoms with Gasteiger partial charge in [0, 0.05) is 29.9 Å². The van der Waals surface area contributed by atoms with Crippen LogP contribution in [-0.4, -0.2) is 26.7 Å². The molecule has 0 saturated heterocycles. The van der Waals surface area contributed by atoms with Crippen LogP contribution in [0.3, 0.4) is 0 Å². The fourth-order valence-corrected chi connectivity index (χ4v) is 3.84. The molecule has 1 amide bonds. The zero-order valence-electron chi connectivity index (χ0n) is 17.7. The Morgan fingerprint density at radius 2 is 1.90 bits per heavy atom. The van der Waals surface area contributed by atoms with Gasteiger partial charge in [-0.3, -0.25) is 4.79 Å². The second kappa shape index (κ2) is 9.11. The van der Waals surface area contributed by atoms with E-state index in [2.05, 4.69) is 32.3 Å². The number of rotatable bonds is 6. The van der Waals surface area contributed by atoms with E-state index in [0.717, 1.165) is 54.4 Å². The fraction of sp³-hybridized carbons (Fsp3) is 0.375. The van der Waals surface area contributed by atoms with Gasteiger partial charge in [0.15, 0.2) is 5.82 Å². The maximum absolute atomic E-state index is 12.6. The van der Waals surface area contributed by atoms with Crippen molar-refractivity contribution in [1.29, 1.82) is 0 Å². The molecule has 2 heterocycles. The molecular weight excluding hydrogens is 374 g/mol. The first kappa shape index (κ1) is 20.1. The molecule has 1 aliphatic heterocycles. The van der Waals surface area contributed by atoms with Crippen molar-refractivity contribution in [3.05, 3.63) is 59.9 Å². The summed E-state index contributed by atoms with van der Waals surface area (Å²) < 4.78 is 2.24. The van der Waals surface area contributed by atoms with E-state index < -0.39 is 0 Å². The van der Waals surface area contributed by atoms with Gasteiger partial charge >= 0.3 is 0 Å². The Kier molecular flexibility index (Phi) is 6.12. The molecule has 1 aliphatic rings. The molecule has 1 unspecified atom stereocenters. The van der Waals surface area contributed by atoms with Gasteiger partial charge in [0.1, 0.15) is 11.9 Å². The lowest BCUT2D eigenvalue weighted by Gasteiger charge is -2.16. The average Bonchev–Trinajstić information content (AvgIpc) is 3.02. The minimum Gasteiger partial charge on any atom is -0.374 e. The second-order valence-corrected chi connectivity index (χ2v) is 7.89. The van der Waals surface area contributed by atoms with Gasteiger partial charge in [-0.15, -0.1) is 10.2 Å². The van der Waals surface area contributed by atoms with Crippen LogP contribution in [0.2, 0.25) is 0 Å². The second-order valence-electron chi connectivity index (χ2n) is 7.89. The quantitative estimate of drug-likeness (QED) is 0.627. The molecule has 0 spiro atoms. The van der Waals surface area contributed by atoms with Crippen molar-refractivity contribution in [2.75, 3.05) is 10.6 Å². The molecule has 4 rings (SSSR count). The van der Waals surface area contributed by atoms with Crippen LogP contribution in [0.4, 0.5) is 11.4 Å². The predicted octanol–water partition coefficient (Wildman–Crippen LogP) is 4.67. The smallest absolute Gasteiger partial charge is 0.246 e. The van der Waals surface area contributed by atoms with Gasteiger partial charge in [-0.25, -0.2) is 0 Å². The first-order chi connectivity index (χ1) is 14.6. The third-order valence-electron chi connectivity index (χ3n) is 5.64. The Bertz CT molecular complexity index is 1010. The van der Waals surface area contributed by atoms with E-state index in [1.165, 1.54) is 18.4 Å². The van der Waals surface area contributed by atoms with Crippen molar-refractivity contribution in [2.45, 2.75) is 58.5 Å². The maximum atomic E-state index is 12.6. The van der Waals surface area contributed by atoms with Gasteiger partial charge in [0.25, 0.3) is 0 Å². The minimum absolute atomic E-state index is 0.0685. The molecule has 3 aromatic rings. The van der Waals surface area contributed by atoms with Crippen molar-refractivity contribution in [2.24, 2.45) is 0 Å². The van der Waals surface area contributed by atoms with E-state index >= 15 is 0 Å². The summed E-state index contributed by atoms with van der Waals surface area (Å²) in [5, 5.41) is 15.1. The summed E-state index contributed by atoms with van der Waals surface area (Å²) in [5.74, 6) is 1.91. The number of anilines is 2. The molecule has 0 fully saturated rings. The summed E-state index contributed by atoms with van der Waals surface area (Å²) in [6, 6.07) is 15.7. The molecule has 0 saturated carbocycles. The molecule has 0 radical (unpaired) electrons. The van der Waals surface area contributed by atoms with Crippen molar-refractivity contribution in [3.8, 4) is 11.4 Å². The Morgan fingerprint density at radius 1 is 1.07 bits per heavy atom. The number of amides is 1. The lowest BCUT2D eigenvalue weighted by Crippen LogP contribution is -2.31. The number of hydrogen-bond donors (Lipinski definition) is 2. The number of carbonyl (C=O) groups excluding carboxylic acids is 1. The highest BCUT2D eigenvalue weighted by atomic mass is 16.2. The number of fused-ring (bicyclic) bond motifs is 1. The summed E-state index contributed by atoms with van der Waals surface area (Å²) in [5.41, 5.74) is 3.97. The van der Waals surface area contributed by atoms with E-state index in [1.807, 2.05) is 55.5 Å². The van der Waals surface area contributed by atoms with Gasteiger partial charge in [0.05, 0.1) is 0 Å². The molecule has 0 bridgehead atoms. The zero-order chi connectivity index (χ0) is 20.9. The van der Waals surface area contributed by atoms with Crippen LogP contribution in [0.15, 0.2) is 48.5 Å². The van der Waals surface area contributed by atoms with E-state index in [-0.39, 0.29) is 11.9 Å². The first-order valence-electron chi connectivity index (χ1n) is 10.8. The normalized spacial score (nSPS) is 14.5. The number of aryl methyl sites for hydroxylation is 2. The Hall–Kier alpha value is -3.15. The highest BCUT2D eigenvalue weighted by molar-refractivity contribution is 5.96. The molecular formula is C24H29N5O. The number of nitrogens with one attached hydrogen (secondary N) is 2. The summed E-state index contributed by atoms with van der Waals surface area (Å²) in [4.78, 5) is 12.6. The lowest BCUT2D eigenvalue weighted by atomic mass is 10.1. The van der Waals surface area contributed by atoms with Crippen molar-refractivity contribution >= 4 is 17.3 Å². The molecule has 156 valence electrons. The van der Waals surface area contributed by atoms with Crippen LogP contribution >= 0.6 is 0 Å². The van der Waals surface area contributed by atoms with Crippen molar-refractivity contribution in [3.63, 3.8) is 0 Å². The number of hydrogen-bond acceptors (Lipinski definition) is 4. The largest absolute Gasteiger partial charge is 0.374 e. The number of aromatic nitrogens is 3. The van der Waals surface area contributed by atoms with Gasteiger partial charge in [0.2, 0.25) is 5.91 Å². The molecule has 6 nitrogen and oxygen atoms in total. The van der Waals surface area contributed by atoms with Gasteiger partial charge < -0.3 is 15.2 Å². The highest BCUT2D eigenvalue weighted by Gasteiger charge is 2.17. The van der Waals surface area contributed by atoms with E-state index in [4.69, 9.17) is 0 Å². The summed E-state index contributed by atoms with van der Waals surface area (Å²) in [7, 11) is 0. The minimum atomic E-state index is -0.374. The maximum Gasteiger partial charge on any atom is 0.246 e. The molecule has 2 N–H and O–H groups in total. The van der Waals surface area contributed by atoms with Crippen molar-refractivity contribution < 1.29 is 4.79 Å². The number of nitrogens with zero attached hydrogens (tertiary/aromatic N) is 3. The van der Waals surface area contributed by atoms with Crippen LogP contribution in [0.5, 0.6) is 0 Å². The molecule has 1 aromatic heterocycles. The van der Waals surface area contributed by atoms with E-state index in [1.54, 1.807) is 0 Å². The van der Waals surface area contributed by atoms with E-state index in [9.17, 15) is 4.79 Å².